The predicted molar refractivity (Wildman–Crippen MR) is 89.7 cm³/mol. The topological polar surface area (TPSA) is 61.0 Å². The average Bonchev–Trinajstić information content (AvgIpc) is 3.09. The van der Waals surface area contributed by atoms with Crippen LogP contribution in [0.25, 0.3) is 11.6 Å². The van der Waals surface area contributed by atoms with E-state index in [4.69, 9.17) is 9.15 Å². The van der Waals surface area contributed by atoms with Crippen LogP contribution in [0.4, 0.5) is 13.2 Å². The number of aromatic nitrogens is 3. The Morgan fingerprint density at radius 2 is 1.92 bits per heavy atom. The molecule has 0 amide bonds. The van der Waals surface area contributed by atoms with Crippen molar-refractivity contribution in [2.45, 2.75) is 24.6 Å². The van der Waals surface area contributed by atoms with Gasteiger partial charge >= 0.3 is 6.18 Å². The van der Waals surface area contributed by atoms with Crippen LogP contribution in [0.5, 0.6) is 5.75 Å². The van der Waals surface area contributed by atoms with Gasteiger partial charge in [-0.15, -0.1) is 22.0 Å². The molecule has 0 aliphatic carbocycles. The lowest BCUT2D eigenvalue weighted by Gasteiger charge is -2.10. The van der Waals surface area contributed by atoms with Gasteiger partial charge in [0.2, 0.25) is 0 Å². The fraction of sp³-hybridized carbons (Fsp3) is 0.235. The van der Waals surface area contributed by atoms with Crippen molar-refractivity contribution in [1.29, 1.82) is 0 Å². The van der Waals surface area contributed by atoms with E-state index >= 15 is 0 Å². The highest BCUT2D eigenvalue weighted by Crippen LogP contribution is 2.35. The fourth-order valence-electron chi connectivity index (χ4n) is 2.10. The van der Waals surface area contributed by atoms with Crippen molar-refractivity contribution < 1.29 is 22.3 Å². The molecule has 0 aliphatic rings. The first-order valence-corrected chi connectivity index (χ1v) is 8.66. The Hall–Kier alpha value is -2.55. The summed E-state index contributed by atoms with van der Waals surface area (Å²) in [5, 5.41) is 7.75. The van der Waals surface area contributed by atoms with Gasteiger partial charge in [0.15, 0.2) is 6.61 Å². The number of thioether (sulfide) groups is 1. The maximum absolute atomic E-state index is 12.9. The highest BCUT2D eigenvalue weighted by molar-refractivity contribution is 7.99. The van der Waals surface area contributed by atoms with Gasteiger partial charge in [-0.3, -0.25) is 0 Å². The van der Waals surface area contributed by atoms with Crippen LogP contribution in [0.3, 0.4) is 0 Å². The number of ether oxygens (including phenoxy) is 1. The summed E-state index contributed by atoms with van der Waals surface area (Å²) in [7, 11) is 0. The van der Waals surface area contributed by atoms with Gasteiger partial charge < -0.3 is 9.15 Å². The van der Waals surface area contributed by atoms with Crippen LogP contribution in [-0.2, 0) is 12.8 Å². The fourth-order valence-corrected chi connectivity index (χ4v) is 2.89. The van der Waals surface area contributed by atoms with Gasteiger partial charge in [0, 0.05) is 11.1 Å². The summed E-state index contributed by atoms with van der Waals surface area (Å²) in [5.41, 5.74) is -0.590. The maximum atomic E-state index is 12.9. The van der Waals surface area contributed by atoms with Crippen LogP contribution in [0.2, 0.25) is 0 Å². The van der Waals surface area contributed by atoms with Crippen molar-refractivity contribution >= 4 is 11.8 Å². The SMILES string of the molecule is CCSc1cc(C(F)(F)F)cnc1-c1nnc(COc2ccccc2)o1. The van der Waals surface area contributed by atoms with Crippen LogP contribution in [0.1, 0.15) is 18.4 Å². The van der Waals surface area contributed by atoms with E-state index in [9.17, 15) is 13.2 Å². The second kappa shape index (κ2) is 7.77. The average molecular weight is 381 g/mol. The molecule has 2 aromatic heterocycles. The molecule has 3 aromatic rings. The van der Waals surface area contributed by atoms with Gasteiger partial charge in [-0.2, -0.15) is 13.2 Å². The monoisotopic (exact) mass is 381 g/mol. The van der Waals surface area contributed by atoms with Crippen molar-refractivity contribution in [2.24, 2.45) is 0 Å². The molecule has 0 aliphatic heterocycles. The van der Waals surface area contributed by atoms with Crippen molar-refractivity contribution in [2.75, 3.05) is 5.75 Å². The van der Waals surface area contributed by atoms with Crippen LogP contribution < -0.4 is 4.74 Å². The molecule has 0 saturated carbocycles. The Morgan fingerprint density at radius 1 is 1.15 bits per heavy atom. The second-order valence-corrected chi connectivity index (χ2v) is 6.41. The Balaban J connectivity index is 1.81. The van der Waals surface area contributed by atoms with Gasteiger partial charge in [0.1, 0.15) is 11.4 Å². The lowest BCUT2D eigenvalue weighted by atomic mass is 10.2. The number of hydrogen-bond acceptors (Lipinski definition) is 6. The molecule has 0 saturated heterocycles. The minimum atomic E-state index is -4.46. The first-order valence-electron chi connectivity index (χ1n) is 7.68. The molecule has 0 fully saturated rings. The zero-order valence-corrected chi connectivity index (χ0v) is 14.5. The number of halogens is 3. The minimum Gasteiger partial charge on any atom is -0.484 e. The zero-order chi connectivity index (χ0) is 18.6. The molecular weight excluding hydrogens is 367 g/mol. The molecule has 9 heteroatoms. The van der Waals surface area contributed by atoms with Gasteiger partial charge in [0.05, 0.1) is 5.56 Å². The molecule has 26 heavy (non-hydrogen) atoms. The number of alkyl halides is 3. The van der Waals surface area contributed by atoms with Crippen molar-refractivity contribution in [1.82, 2.24) is 15.2 Å². The van der Waals surface area contributed by atoms with E-state index in [2.05, 4.69) is 15.2 Å². The third kappa shape index (κ3) is 4.34. The van der Waals surface area contributed by atoms with E-state index < -0.39 is 11.7 Å². The molecule has 2 heterocycles. The van der Waals surface area contributed by atoms with Gasteiger partial charge in [-0.1, -0.05) is 25.1 Å². The van der Waals surface area contributed by atoms with E-state index in [0.717, 1.165) is 12.3 Å². The van der Waals surface area contributed by atoms with Crippen LogP contribution in [0, 0.1) is 0 Å². The molecule has 136 valence electrons. The summed E-state index contributed by atoms with van der Waals surface area (Å²) >= 11 is 1.22. The molecule has 5 nitrogen and oxygen atoms in total. The second-order valence-electron chi connectivity index (χ2n) is 5.10. The molecule has 0 N–H and O–H groups in total. The highest BCUT2D eigenvalue weighted by Gasteiger charge is 2.32. The lowest BCUT2D eigenvalue weighted by Crippen LogP contribution is -2.06. The Kier molecular flexibility index (Phi) is 5.46. The molecule has 0 bridgehead atoms. The number of nitrogens with zero attached hydrogens (tertiary/aromatic N) is 3. The smallest absolute Gasteiger partial charge is 0.417 e. The van der Waals surface area contributed by atoms with E-state index in [1.165, 1.54) is 11.8 Å². The van der Waals surface area contributed by atoms with E-state index in [1.807, 2.05) is 25.1 Å². The number of pyridine rings is 1. The van der Waals surface area contributed by atoms with E-state index in [-0.39, 0.29) is 24.1 Å². The first-order chi connectivity index (χ1) is 12.5. The number of benzene rings is 1. The predicted octanol–water partition coefficient (Wildman–Crippen LogP) is 4.84. The molecular formula is C17H14F3N3O2S. The molecule has 3 rings (SSSR count). The van der Waals surface area contributed by atoms with Crippen molar-refractivity contribution in [3.8, 4) is 17.3 Å². The third-order valence-electron chi connectivity index (χ3n) is 3.25. The maximum Gasteiger partial charge on any atom is 0.417 e. The molecule has 0 radical (unpaired) electrons. The summed E-state index contributed by atoms with van der Waals surface area (Å²) in [6.07, 6.45) is -3.70. The van der Waals surface area contributed by atoms with E-state index in [0.29, 0.717) is 16.4 Å². The third-order valence-corrected chi connectivity index (χ3v) is 4.17. The Bertz CT molecular complexity index is 869. The van der Waals surface area contributed by atoms with Crippen molar-refractivity contribution in [3.05, 3.63) is 54.0 Å². The van der Waals surface area contributed by atoms with Crippen LogP contribution in [-0.4, -0.2) is 20.9 Å². The first kappa shape index (κ1) is 18.2. The normalized spacial score (nSPS) is 11.5. The summed E-state index contributed by atoms with van der Waals surface area (Å²) in [6, 6.07) is 10.1. The van der Waals surface area contributed by atoms with Gasteiger partial charge in [-0.05, 0) is 24.0 Å². The summed E-state index contributed by atoms with van der Waals surface area (Å²) in [5.74, 6) is 1.48. The summed E-state index contributed by atoms with van der Waals surface area (Å²) in [4.78, 5) is 4.22. The standard InChI is InChI=1S/C17H14F3N3O2S/c1-2-26-13-8-11(17(18,19)20)9-21-15(13)16-23-22-14(25-16)10-24-12-6-4-3-5-7-12/h3-9H,2,10H2,1H3. The molecule has 0 atom stereocenters. The largest absolute Gasteiger partial charge is 0.484 e. The van der Waals surface area contributed by atoms with E-state index in [1.54, 1.807) is 12.1 Å². The summed E-state index contributed by atoms with van der Waals surface area (Å²) < 4.78 is 49.7. The zero-order valence-electron chi connectivity index (χ0n) is 13.7. The minimum absolute atomic E-state index is 0.0495. The number of hydrogen-bond donors (Lipinski definition) is 0. The van der Waals surface area contributed by atoms with Gasteiger partial charge in [-0.25, -0.2) is 4.98 Å². The summed E-state index contributed by atoms with van der Waals surface area (Å²) in [6.45, 7) is 1.88. The Morgan fingerprint density at radius 3 is 2.62 bits per heavy atom. The molecule has 1 aromatic carbocycles. The van der Waals surface area contributed by atoms with Crippen LogP contribution >= 0.6 is 11.8 Å². The van der Waals surface area contributed by atoms with Gasteiger partial charge in [0.25, 0.3) is 11.8 Å². The lowest BCUT2D eigenvalue weighted by molar-refractivity contribution is -0.138. The van der Waals surface area contributed by atoms with Crippen molar-refractivity contribution in [3.63, 3.8) is 0 Å². The Labute approximate surface area is 151 Å². The quantitative estimate of drug-likeness (QED) is 0.570. The number of para-hydroxylation sites is 1. The van der Waals surface area contributed by atoms with Crippen LogP contribution in [0.15, 0.2) is 51.9 Å². The number of rotatable bonds is 6. The molecule has 0 unspecified atom stereocenters. The molecule has 0 spiro atoms. The highest BCUT2D eigenvalue weighted by atomic mass is 32.2.